The van der Waals surface area contributed by atoms with Crippen molar-refractivity contribution in [3.8, 4) is 0 Å². The highest BCUT2D eigenvalue weighted by Gasteiger charge is 2.20. The van der Waals surface area contributed by atoms with Crippen LogP contribution in [0.3, 0.4) is 0 Å². The van der Waals surface area contributed by atoms with E-state index in [1.807, 2.05) is 20.8 Å². The Labute approximate surface area is 138 Å². The molecule has 0 spiro atoms. The predicted molar refractivity (Wildman–Crippen MR) is 97.0 cm³/mol. The van der Waals surface area contributed by atoms with E-state index in [-0.39, 0.29) is 4.75 Å². The molecule has 0 bridgehead atoms. The van der Waals surface area contributed by atoms with E-state index in [1.165, 1.54) is 13.0 Å². The summed E-state index contributed by atoms with van der Waals surface area (Å²) in [5.41, 5.74) is 0. The van der Waals surface area contributed by atoms with Crippen molar-refractivity contribution in [2.24, 2.45) is 4.99 Å². The Morgan fingerprint density at radius 2 is 1.95 bits per heavy atom. The van der Waals surface area contributed by atoms with Crippen LogP contribution in [0.25, 0.3) is 0 Å². The predicted octanol–water partition coefficient (Wildman–Crippen LogP) is 1.57. The molecule has 1 rings (SSSR count). The Balaban J connectivity index is 2.28. The molecule has 1 heterocycles. The van der Waals surface area contributed by atoms with Crippen molar-refractivity contribution in [2.45, 2.75) is 57.7 Å². The second-order valence-corrected chi connectivity index (χ2v) is 9.25. The maximum absolute atomic E-state index is 12.0. The summed E-state index contributed by atoms with van der Waals surface area (Å²) in [5.74, 6) is 1.49. The molecular formula is C16H34N4OS. The second-order valence-electron chi connectivity index (χ2n) is 6.92. The molecule has 2 N–H and O–H groups in total. The lowest BCUT2D eigenvalue weighted by Gasteiger charge is -2.32. The standard InChI is InChI=1S/C16H34N4OS/c1-6-10-20-11-7-14(8-12-20)19-15(17-5)18-9-13-22(21)16(2,3)4/h14H,6-13H2,1-5H3,(H2,17,18,19). The van der Waals surface area contributed by atoms with Gasteiger partial charge in [0.1, 0.15) is 0 Å². The van der Waals surface area contributed by atoms with Crippen LogP contribution in [0.15, 0.2) is 4.99 Å². The molecule has 130 valence electrons. The molecule has 0 aromatic rings. The van der Waals surface area contributed by atoms with Gasteiger partial charge < -0.3 is 15.5 Å². The minimum absolute atomic E-state index is 0.148. The molecule has 1 unspecified atom stereocenters. The normalized spacial score (nSPS) is 20.0. The molecule has 1 aliphatic heterocycles. The van der Waals surface area contributed by atoms with Gasteiger partial charge in [-0.1, -0.05) is 6.92 Å². The van der Waals surface area contributed by atoms with E-state index in [2.05, 4.69) is 27.4 Å². The number of nitrogens with one attached hydrogen (secondary N) is 2. The molecule has 1 saturated heterocycles. The first-order valence-electron chi connectivity index (χ1n) is 8.44. The lowest BCUT2D eigenvalue weighted by atomic mass is 10.1. The molecule has 0 amide bonds. The minimum atomic E-state index is -0.822. The number of aliphatic imine (C=N–C) groups is 1. The van der Waals surface area contributed by atoms with Gasteiger partial charge in [-0.25, -0.2) is 0 Å². The van der Waals surface area contributed by atoms with Crippen LogP contribution in [0.1, 0.15) is 47.0 Å². The van der Waals surface area contributed by atoms with Crippen LogP contribution >= 0.6 is 0 Å². The van der Waals surface area contributed by atoms with E-state index in [0.29, 0.717) is 18.3 Å². The lowest BCUT2D eigenvalue weighted by molar-refractivity contribution is 0.206. The quantitative estimate of drug-likeness (QED) is 0.573. The van der Waals surface area contributed by atoms with Crippen molar-refractivity contribution in [1.82, 2.24) is 15.5 Å². The molecule has 6 heteroatoms. The molecule has 5 nitrogen and oxygen atoms in total. The highest BCUT2D eigenvalue weighted by Crippen LogP contribution is 2.11. The van der Waals surface area contributed by atoms with Crippen molar-refractivity contribution < 1.29 is 4.21 Å². The van der Waals surface area contributed by atoms with Gasteiger partial charge in [-0.15, -0.1) is 0 Å². The average Bonchev–Trinajstić information content (AvgIpc) is 2.47. The van der Waals surface area contributed by atoms with Crippen molar-refractivity contribution in [1.29, 1.82) is 0 Å². The molecule has 0 radical (unpaired) electrons. The van der Waals surface area contributed by atoms with Crippen LogP contribution in [-0.2, 0) is 10.8 Å². The monoisotopic (exact) mass is 330 g/mol. The third kappa shape index (κ3) is 7.09. The number of hydrogen-bond acceptors (Lipinski definition) is 3. The van der Waals surface area contributed by atoms with Crippen molar-refractivity contribution in [2.75, 3.05) is 39.0 Å². The number of hydrogen-bond donors (Lipinski definition) is 2. The van der Waals surface area contributed by atoms with Crippen LogP contribution in [-0.4, -0.2) is 64.8 Å². The third-order valence-corrected chi connectivity index (χ3v) is 5.90. The van der Waals surface area contributed by atoms with Gasteiger partial charge in [0.05, 0.1) is 0 Å². The van der Waals surface area contributed by atoms with Gasteiger partial charge in [0.2, 0.25) is 0 Å². The van der Waals surface area contributed by atoms with E-state index in [1.54, 1.807) is 7.05 Å². The van der Waals surface area contributed by atoms with Crippen LogP contribution in [0.2, 0.25) is 0 Å². The smallest absolute Gasteiger partial charge is 0.191 e. The molecular weight excluding hydrogens is 296 g/mol. The Morgan fingerprint density at radius 3 is 2.45 bits per heavy atom. The molecule has 0 aromatic carbocycles. The Hall–Kier alpha value is -0.620. The van der Waals surface area contributed by atoms with Crippen LogP contribution < -0.4 is 10.6 Å². The number of nitrogens with zero attached hydrogens (tertiary/aromatic N) is 2. The number of guanidine groups is 1. The van der Waals surface area contributed by atoms with Crippen molar-refractivity contribution >= 4 is 16.8 Å². The van der Waals surface area contributed by atoms with Gasteiger partial charge in [-0.3, -0.25) is 9.20 Å². The zero-order valence-corrected chi connectivity index (χ0v) is 15.8. The first-order chi connectivity index (χ1) is 10.4. The largest absolute Gasteiger partial charge is 0.355 e. The second kappa shape index (κ2) is 9.50. The highest BCUT2D eigenvalue weighted by molar-refractivity contribution is 7.86. The van der Waals surface area contributed by atoms with Gasteiger partial charge in [-0.2, -0.15) is 0 Å². The van der Waals surface area contributed by atoms with Gasteiger partial charge in [-0.05, 0) is 46.6 Å². The zero-order chi connectivity index (χ0) is 16.6. The first-order valence-corrected chi connectivity index (χ1v) is 9.76. The van der Waals surface area contributed by atoms with Crippen molar-refractivity contribution in [3.05, 3.63) is 0 Å². The molecule has 1 aliphatic rings. The number of likely N-dealkylation sites (tertiary alicyclic amines) is 1. The summed E-state index contributed by atoms with van der Waals surface area (Å²) in [5, 5.41) is 6.78. The Morgan fingerprint density at radius 1 is 1.32 bits per heavy atom. The molecule has 1 atom stereocenters. The zero-order valence-electron chi connectivity index (χ0n) is 14.9. The van der Waals surface area contributed by atoms with Crippen molar-refractivity contribution in [3.63, 3.8) is 0 Å². The van der Waals surface area contributed by atoms with E-state index in [9.17, 15) is 4.21 Å². The summed E-state index contributed by atoms with van der Waals surface area (Å²) in [6.45, 7) is 12.5. The van der Waals surface area contributed by atoms with Gasteiger partial charge >= 0.3 is 0 Å². The van der Waals surface area contributed by atoms with Gasteiger partial charge in [0.25, 0.3) is 0 Å². The SMILES string of the molecule is CCCN1CCC(NC(=NC)NCCS(=O)C(C)(C)C)CC1. The van der Waals surface area contributed by atoms with Crippen LogP contribution in [0.4, 0.5) is 0 Å². The summed E-state index contributed by atoms with van der Waals surface area (Å²) >= 11 is 0. The Kier molecular flexibility index (Phi) is 8.39. The topological polar surface area (TPSA) is 56.7 Å². The van der Waals surface area contributed by atoms with Crippen LogP contribution in [0.5, 0.6) is 0 Å². The minimum Gasteiger partial charge on any atom is -0.355 e. The third-order valence-electron chi connectivity index (χ3n) is 3.95. The van der Waals surface area contributed by atoms with E-state index in [0.717, 1.165) is 31.9 Å². The molecule has 0 saturated carbocycles. The van der Waals surface area contributed by atoms with E-state index < -0.39 is 10.8 Å². The molecule has 1 fully saturated rings. The fraction of sp³-hybridized carbons (Fsp3) is 0.938. The number of rotatable bonds is 6. The highest BCUT2D eigenvalue weighted by atomic mass is 32.2. The maximum Gasteiger partial charge on any atom is 0.191 e. The van der Waals surface area contributed by atoms with Gasteiger partial charge in [0.15, 0.2) is 5.96 Å². The fourth-order valence-electron chi connectivity index (χ4n) is 2.57. The summed E-state index contributed by atoms with van der Waals surface area (Å²) in [6, 6.07) is 0.493. The first kappa shape index (κ1) is 19.4. The van der Waals surface area contributed by atoms with E-state index >= 15 is 0 Å². The molecule has 0 aliphatic carbocycles. The average molecular weight is 331 g/mol. The maximum atomic E-state index is 12.0. The van der Waals surface area contributed by atoms with Crippen LogP contribution in [0, 0.1) is 0 Å². The molecule has 0 aromatic heterocycles. The number of piperidine rings is 1. The van der Waals surface area contributed by atoms with Gasteiger partial charge in [0, 0.05) is 54.0 Å². The van der Waals surface area contributed by atoms with E-state index in [4.69, 9.17) is 0 Å². The summed E-state index contributed by atoms with van der Waals surface area (Å²) in [6.07, 6.45) is 3.55. The Bertz CT molecular complexity index is 371. The summed E-state index contributed by atoms with van der Waals surface area (Å²) in [4.78, 5) is 6.81. The lowest BCUT2D eigenvalue weighted by Crippen LogP contribution is -2.49. The summed E-state index contributed by atoms with van der Waals surface area (Å²) < 4.78 is 11.9. The molecule has 22 heavy (non-hydrogen) atoms. The summed E-state index contributed by atoms with van der Waals surface area (Å²) in [7, 11) is 0.972. The fourth-order valence-corrected chi connectivity index (χ4v) is 3.47.